The third-order valence-corrected chi connectivity index (χ3v) is 4.81. The fourth-order valence-corrected chi connectivity index (χ4v) is 3.15. The van der Waals surface area contributed by atoms with Crippen LogP contribution in [0.4, 0.5) is 0 Å². The molecule has 0 N–H and O–H groups in total. The molecule has 8 nitrogen and oxygen atoms in total. The topological polar surface area (TPSA) is 90.3 Å². The number of aromatic nitrogens is 1. The number of hydrogen-bond acceptors (Lipinski definition) is 7. The van der Waals surface area contributed by atoms with Gasteiger partial charge in [0.15, 0.2) is 11.5 Å². The maximum atomic E-state index is 12.4. The van der Waals surface area contributed by atoms with E-state index in [1.807, 2.05) is 25.1 Å². The van der Waals surface area contributed by atoms with Crippen molar-refractivity contribution in [3.05, 3.63) is 89.2 Å². The smallest absolute Gasteiger partial charge is 0.343 e. The van der Waals surface area contributed by atoms with Gasteiger partial charge in [-0.05, 0) is 49.4 Å². The number of hydrogen-bond donors (Lipinski definition) is 0. The van der Waals surface area contributed by atoms with Gasteiger partial charge < -0.3 is 14.2 Å². The lowest BCUT2D eigenvalue weighted by molar-refractivity contribution is -0.135. The monoisotopic (exact) mass is 431 g/mol. The van der Waals surface area contributed by atoms with Crippen LogP contribution in [-0.4, -0.2) is 34.9 Å². The second kappa shape index (κ2) is 8.89. The van der Waals surface area contributed by atoms with Crippen LogP contribution in [0.25, 0.3) is 0 Å². The molecule has 0 spiro atoms. The second-order valence-corrected chi connectivity index (χ2v) is 7.09. The first kappa shape index (κ1) is 21.0. The number of methoxy groups -OCH3 is 1. The highest BCUT2D eigenvalue weighted by molar-refractivity contribution is 5.96. The Morgan fingerprint density at radius 2 is 1.81 bits per heavy atom. The van der Waals surface area contributed by atoms with E-state index < -0.39 is 12.2 Å². The van der Waals surface area contributed by atoms with Gasteiger partial charge in [0, 0.05) is 24.4 Å². The molecule has 4 rings (SSSR count). The van der Waals surface area contributed by atoms with Gasteiger partial charge in [0.1, 0.15) is 0 Å². The van der Waals surface area contributed by atoms with Gasteiger partial charge in [-0.25, -0.2) is 4.79 Å². The maximum absolute atomic E-state index is 12.4. The number of carbonyl (C=O) groups excluding carboxylic acids is 2. The lowest BCUT2D eigenvalue weighted by Gasteiger charge is -2.20. The van der Waals surface area contributed by atoms with Gasteiger partial charge in [-0.2, -0.15) is 5.01 Å². The van der Waals surface area contributed by atoms with Crippen molar-refractivity contribution in [3.8, 4) is 11.5 Å². The van der Waals surface area contributed by atoms with Crippen molar-refractivity contribution >= 4 is 17.8 Å². The molecule has 8 heteroatoms. The highest BCUT2D eigenvalue weighted by atomic mass is 16.6. The molecule has 2 heterocycles. The molecule has 0 bridgehead atoms. The van der Waals surface area contributed by atoms with Gasteiger partial charge in [-0.3, -0.25) is 9.78 Å². The second-order valence-electron chi connectivity index (χ2n) is 7.09. The molecule has 162 valence electrons. The van der Waals surface area contributed by atoms with Crippen LogP contribution in [0.3, 0.4) is 0 Å². The highest BCUT2D eigenvalue weighted by Crippen LogP contribution is 2.36. The summed E-state index contributed by atoms with van der Waals surface area (Å²) in [4.78, 5) is 28.9. The van der Waals surface area contributed by atoms with E-state index in [0.29, 0.717) is 22.4 Å². The maximum Gasteiger partial charge on any atom is 0.343 e. The van der Waals surface area contributed by atoms with Gasteiger partial charge in [-0.1, -0.05) is 18.2 Å². The van der Waals surface area contributed by atoms with Crippen LogP contribution in [0.2, 0.25) is 0 Å². The number of nitrogens with zero attached hydrogens (tertiary/aromatic N) is 3. The minimum absolute atomic E-state index is 0.251. The summed E-state index contributed by atoms with van der Waals surface area (Å²) in [5.74, 6) is 0.0715. The molecule has 3 aromatic rings. The van der Waals surface area contributed by atoms with Crippen molar-refractivity contribution in [1.82, 2.24) is 9.99 Å². The Morgan fingerprint density at radius 3 is 2.47 bits per heavy atom. The molecular formula is C24H21N3O5. The van der Waals surface area contributed by atoms with Crippen LogP contribution in [0, 0.1) is 6.92 Å². The van der Waals surface area contributed by atoms with Gasteiger partial charge in [-0.15, -0.1) is 5.10 Å². The molecular weight excluding hydrogens is 410 g/mol. The fraction of sp³-hybridized carbons (Fsp3) is 0.167. The van der Waals surface area contributed by atoms with Gasteiger partial charge in [0.2, 0.25) is 18.0 Å². The van der Waals surface area contributed by atoms with Crippen molar-refractivity contribution in [2.45, 2.75) is 20.1 Å². The lowest BCUT2D eigenvalue weighted by atomic mass is 10.1. The van der Waals surface area contributed by atoms with Crippen molar-refractivity contribution < 1.29 is 23.8 Å². The first-order valence-corrected chi connectivity index (χ1v) is 9.89. The van der Waals surface area contributed by atoms with Crippen molar-refractivity contribution in [2.24, 2.45) is 5.10 Å². The normalized spacial score (nSPS) is 15.0. The molecule has 1 amide bonds. The Morgan fingerprint density at radius 1 is 1.03 bits per heavy atom. The Balaban J connectivity index is 1.59. The molecule has 1 aliphatic heterocycles. The molecule has 0 saturated heterocycles. The highest BCUT2D eigenvalue weighted by Gasteiger charge is 2.34. The number of aryl methyl sites for hydroxylation is 1. The van der Waals surface area contributed by atoms with E-state index in [9.17, 15) is 9.59 Å². The average molecular weight is 431 g/mol. The molecule has 0 saturated carbocycles. The zero-order valence-electron chi connectivity index (χ0n) is 17.8. The van der Waals surface area contributed by atoms with Gasteiger partial charge in [0.25, 0.3) is 0 Å². The van der Waals surface area contributed by atoms with E-state index in [2.05, 4.69) is 10.1 Å². The number of carbonyl (C=O) groups is 2. The summed E-state index contributed by atoms with van der Waals surface area (Å²) in [5, 5.41) is 5.57. The minimum atomic E-state index is -0.795. The number of benzene rings is 2. The Hall–Kier alpha value is -4.20. The molecule has 1 unspecified atom stereocenters. The Bertz CT molecular complexity index is 1180. The number of amides is 1. The van der Waals surface area contributed by atoms with E-state index >= 15 is 0 Å². The summed E-state index contributed by atoms with van der Waals surface area (Å²) in [6.07, 6.45) is 0.846. The summed E-state index contributed by atoms with van der Waals surface area (Å²) in [7, 11) is 1.47. The average Bonchev–Trinajstić information content (AvgIpc) is 3.26. The Kier molecular flexibility index (Phi) is 5.85. The summed E-state index contributed by atoms with van der Waals surface area (Å²) in [6, 6.07) is 17.3. The van der Waals surface area contributed by atoms with E-state index in [-0.39, 0.29) is 17.6 Å². The minimum Gasteiger partial charge on any atom is -0.493 e. The van der Waals surface area contributed by atoms with Crippen LogP contribution < -0.4 is 9.47 Å². The molecule has 1 atom stereocenters. The van der Waals surface area contributed by atoms with Gasteiger partial charge in [0.05, 0.1) is 18.2 Å². The number of hydrazone groups is 1. The predicted octanol–water partition coefficient (Wildman–Crippen LogP) is 3.86. The summed E-state index contributed by atoms with van der Waals surface area (Å²) >= 11 is 0. The molecule has 2 aromatic carbocycles. The van der Waals surface area contributed by atoms with E-state index in [4.69, 9.17) is 14.2 Å². The van der Waals surface area contributed by atoms with E-state index in [1.165, 1.54) is 19.0 Å². The van der Waals surface area contributed by atoms with Crippen molar-refractivity contribution in [2.75, 3.05) is 7.11 Å². The van der Waals surface area contributed by atoms with Gasteiger partial charge >= 0.3 is 5.97 Å². The molecule has 1 aliphatic rings. The largest absolute Gasteiger partial charge is 0.493 e. The third kappa shape index (κ3) is 4.29. The summed E-state index contributed by atoms with van der Waals surface area (Å²) in [6.45, 7) is 3.29. The van der Waals surface area contributed by atoms with Crippen LogP contribution in [0.5, 0.6) is 11.5 Å². The molecule has 0 radical (unpaired) electrons. The standard InChI is InChI=1S/C24H21N3O5/c1-15-9-10-19(14-25-15)22-26-27(16(2)28)23(32-22)18-11-12-20(21(13-18)30-3)31-24(29)17-7-5-4-6-8-17/h4-14,23H,1-3H3. The first-order chi connectivity index (χ1) is 15.5. The molecule has 0 aliphatic carbocycles. The first-order valence-electron chi connectivity index (χ1n) is 9.89. The number of pyridine rings is 1. The SMILES string of the molecule is COc1cc(C2OC(c3ccc(C)nc3)=NN2C(C)=O)ccc1OC(=O)c1ccccc1. The third-order valence-electron chi connectivity index (χ3n) is 4.81. The number of esters is 1. The predicted molar refractivity (Wildman–Crippen MR) is 116 cm³/mol. The van der Waals surface area contributed by atoms with Crippen LogP contribution >= 0.6 is 0 Å². The van der Waals surface area contributed by atoms with Crippen LogP contribution in [0.1, 0.15) is 40.3 Å². The Labute approximate surface area is 185 Å². The molecule has 32 heavy (non-hydrogen) atoms. The zero-order valence-corrected chi connectivity index (χ0v) is 17.8. The fourth-order valence-electron chi connectivity index (χ4n) is 3.15. The number of ether oxygens (including phenoxy) is 3. The quantitative estimate of drug-likeness (QED) is 0.450. The lowest BCUT2D eigenvalue weighted by Crippen LogP contribution is -2.25. The molecule has 1 aromatic heterocycles. The summed E-state index contributed by atoms with van der Waals surface area (Å²) < 4.78 is 16.9. The number of rotatable bonds is 5. The van der Waals surface area contributed by atoms with Crippen molar-refractivity contribution in [1.29, 1.82) is 0 Å². The van der Waals surface area contributed by atoms with Crippen LogP contribution in [-0.2, 0) is 9.53 Å². The molecule has 0 fully saturated rings. The van der Waals surface area contributed by atoms with Crippen LogP contribution in [0.15, 0.2) is 72.0 Å². The van der Waals surface area contributed by atoms with E-state index in [0.717, 1.165) is 5.69 Å². The van der Waals surface area contributed by atoms with E-state index in [1.54, 1.807) is 48.7 Å². The summed E-state index contributed by atoms with van der Waals surface area (Å²) in [5.41, 5.74) is 2.54. The van der Waals surface area contributed by atoms with Crippen molar-refractivity contribution in [3.63, 3.8) is 0 Å². The zero-order chi connectivity index (χ0) is 22.7.